The highest BCUT2D eigenvalue weighted by Gasteiger charge is 2.05. The maximum atomic E-state index is 13.1. The van der Waals surface area contributed by atoms with Gasteiger partial charge in [0.1, 0.15) is 0 Å². The molecule has 88 valence electrons. The van der Waals surface area contributed by atoms with Crippen LogP contribution in [0.4, 0.5) is 4.39 Å². The van der Waals surface area contributed by atoms with Crippen LogP contribution in [0.25, 0.3) is 0 Å². The van der Waals surface area contributed by atoms with Crippen molar-refractivity contribution < 1.29 is 14.0 Å². The molecule has 0 aromatic carbocycles. The molecule has 1 aromatic rings. The van der Waals surface area contributed by atoms with Crippen LogP contribution >= 0.6 is 0 Å². The van der Waals surface area contributed by atoms with Crippen LogP contribution in [0.3, 0.4) is 0 Å². The Bertz CT molecular complexity index is 489. The molecular weight excluding hydrogens is 223 g/mol. The molecule has 0 fully saturated rings. The summed E-state index contributed by atoms with van der Waals surface area (Å²) in [6.45, 7) is 1.84. The van der Waals surface area contributed by atoms with Gasteiger partial charge < -0.3 is 5.32 Å². The first-order valence-corrected chi connectivity index (χ1v) is 4.98. The molecule has 0 spiro atoms. The first-order chi connectivity index (χ1) is 8.15. The van der Waals surface area contributed by atoms with E-state index < -0.39 is 5.95 Å². The second kappa shape index (κ2) is 6.38. The van der Waals surface area contributed by atoms with Crippen LogP contribution in [0.15, 0.2) is 12.3 Å². The highest BCUT2D eigenvalue weighted by Crippen LogP contribution is 2.06. The lowest BCUT2D eigenvalue weighted by molar-refractivity contribution is -0.118. The lowest BCUT2D eigenvalue weighted by Crippen LogP contribution is -2.20. The van der Waals surface area contributed by atoms with Gasteiger partial charge in [-0.2, -0.15) is 4.39 Å². The highest BCUT2D eigenvalue weighted by molar-refractivity contribution is 5.79. The SMILES string of the molecule is CC(=O)NCCC#Cc1ccnc(F)c1C=O. The van der Waals surface area contributed by atoms with Gasteiger partial charge >= 0.3 is 0 Å². The third-order valence-electron chi connectivity index (χ3n) is 1.91. The van der Waals surface area contributed by atoms with E-state index in [9.17, 15) is 14.0 Å². The maximum Gasteiger partial charge on any atom is 0.224 e. The number of amides is 1. The normalized spacial score (nSPS) is 9.06. The third kappa shape index (κ3) is 4.03. The molecule has 17 heavy (non-hydrogen) atoms. The molecule has 1 aromatic heterocycles. The first kappa shape index (κ1) is 12.8. The Hall–Kier alpha value is -2.22. The summed E-state index contributed by atoms with van der Waals surface area (Å²) in [5.74, 6) is 4.45. The molecule has 0 radical (unpaired) electrons. The van der Waals surface area contributed by atoms with Crippen LogP contribution in [0.1, 0.15) is 29.3 Å². The van der Waals surface area contributed by atoms with Gasteiger partial charge in [0.25, 0.3) is 0 Å². The average molecular weight is 234 g/mol. The van der Waals surface area contributed by atoms with Crippen molar-refractivity contribution in [3.8, 4) is 11.8 Å². The molecule has 1 rings (SSSR count). The van der Waals surface area contributed by atoms with Crippen molar-refractivity contribution in [3.63, 3.8) is 0 Å². The number of nitrogens with one attached hydrogen (secondary N) is 1. The standard InChI is InChI=1S/C12H11FN2O2/c1-9(17)14-6-3-2-4-10-5-7-15-12(13)11(10)8-16/h5,7-8H,3,6H2,1H3,(H,14,17). The van der Waals surface area contributed by atoms with E-state index in [-0.39, 0.29) is 11.5 Å². The van der Waals surface area contributed by atoms with E-state index in [4.69, 9.17) is 0 Å². The summed E-state index contributed by atoms with van der Waals surface area (Å²) in [7, 11) is 0. The molecule has 4 nitrogen and oxygen atoms in total. The van der Waals surface area contributed by atoms with Crippen LogP contribution in [-0.2, 0) is 4.79 Å². The molecular formula is C12H11FN2O2. The molecule has 0 aliphatic rings. The van der Waals surface area contributed by atoms with Crippen molar-refractivity contribution in [2.24, 2.45) is 0 Å². The summed E-state index contributed by atoms with van der Waals surface area (Å²) in [6, 6.07) is 1.47. The summed E-state index contributed by atoms with van der Waals surface area (Å²) in [4.78, 5) is 24.5. The van der Waals surface area contributed by atoms with Crippen LogP contribution in [-0.4, -0.2) is 23.7 Å². The van der Waals surface area contributed by atoms with E-state index in [0.29, 0.717) is 24.8 Å². The van der Waals surface area contributed by atoms with Gasteiger partial charge in [-0.15, -0.1) is 0 Å². The van der Waals surface area contributed by atoms with Gasteiger partial charge in [-0.3, -0.25) is 9.59 Å². The van der Waals surface area contributed by atoms with Gasteiger partial charge in [-0.25, -0.2) is 4.98 Å². The number of nitrogens with zero attached hydrogens (tertiary/aromatic N) is 1. The number of halogens is 1. The summed E-state index contributed by atoms with van der Waals surface area (Å²) < 4.78 is 13.1. The van der Waals surface area contributed by atoms with Gasteiger partial charge in [0.05, 0.1) is 5.56 Å². The monoisotopic (exact) mass is 234 g/mol. The topological polar surface area (TPSA) is 59.1 Å². The van der Waals surface area contributed by atoms with Crippen LogP contribution in [0, 0.1) is 17.8 Å². The highest BCUT2D eigenvalue weighted by atomic mass is 19.1. The minimum Gasteiger partial charge on any atom is -0.355 e. The average Bonchev–Trinajstić information content (AvgIpc) is 2.28. The summed E-state index contributed by atoms with van der Waals surface area (Å²) in [5, 5.41) is 2.57. The molecule has 0 aliphatic heterocycles. The van der Waals surface area contributed by atoms with Gasteiger partial charge in [-0.05, 0) is 6.07 Å². The molecule has 5 heteroatoms. The Morgan fingerprint density at radius 2 is 2.41 bits per heavy atom. The molecule has 1 N–H and O–H groups in total. The molecule has 0 saturated carbocycles. The lowest BCUT2D eigenvalue weighted by atomic mass is 10.1. The molecule has 1 amide bonds. The quantitative estimate of drug-likeness (QED) is 0.366. The van der Waals surface area contributed by atoms with E-state index in [0.717, 1.165) is 0 Å². The predicted molar refractivity (Wildman–Crippen MR) is 59.8 cm³/mol. The van der Waals surface area contributed by atoms with Crippen LogP contribution in [0.2, 0.25) is 0 Å². The zero-order valence-corrected chi connectivity index (χ0v) is 9.29. The predicted octanol–water partition coefficient (Wildman–Crippen LogP) is 0.911. The second-order valence-electron chi connectivity index (χ2n) is 3.22. The summed E-state index contributed by atoms with van der Waals surface area (Å²) in [6.07, 6.45) is 2.07. The van der Waals surface area contributed by atoms with Crippen molar-refractivity contribution in [1.82, 2.24) is 10.3 Å². The number of rotatable bonds is 3. The van der Waals surface area contributed by atoms with Gasteiger partial charge in [0.2, 0.25) is 11.9 Å². The number of pyridine rings is 1. The fourth-order valence-electron chi connectivity index (χ4n) is 1.13. The Morgan fingerprint density at radius 3 is 3.06 bits per heavy atom. The fourth-order valence-corrected chi connectivity index (χ4v) is 1.13. The van der Waals surface area contributed by atoms with Crippen molar-refractivity contribution in [2.75, 3.05) is 6.54 Å². The fraction of sp³-hybridized carbons (Fsp3) is 0.250. The molecule has 0 saturated heterocycles. The minimum absolute atomic E-state index is 0.129. The second-order valence-corrected chi connectivity index (χ2v) is 3.22. The smallest absolute Gasteiger partial charge is 0.224 e. The number of hydrogen-bond acceptors (Lipinski definition) is 3. The summed E-state index contributed by atoms with van der Waals surface area (Å²) >= 11 is 0. The van der Waals surface area contributed by atoms with E-state index in [2.05, 4.69) is 22.1 Å². The summed E-state index contributed by atoms with van der Waals surface area (Å²) in [5.41, 5.74) is 0.162. The Morgan fingerprint density at radius 1 is 1.65 bits per heavy atom. The van der Waals surface area contributed by atoms with Crippen molar-refractivity contribution in [3.05, 3.63) is 29.3 Å². The molecule has 0 atom stereocenters. The zero-order chi connectivity index (χ0) is 12.7. The van der Waals surface area contributed by atoms with Crippen molar-refractivity contribution in [2.45, 2.75) is 13.3 Å². The zero-order valence-electron chi connectivity index (χ0n) is 9.29. The molecule has 0 aliphatic carbocycles. The number of aldehydes is 1. The first-order valence-electron chi connectivity index (χ1n) is 4.98. The van der Waals surface area contributed by atoms with Crippen molar-refractivity contribution in [1.29, 1.82) is 0 Å². The van der Waals surface area contributed by atoms with Crippen LogP contribution in [0.5, 0.6) is 0 Å². The third-order valence-corrected chi connectivity index (χ3v) is 1.91. The van der Waals surface area contributed by atoms with E-state index >= 15 is 0 Å². The van der Waals surface area contributed by atoms with Crippen LogP contribution < -0.4 is 5.32 Å². The molecule has 0 bridgehead atoms. The molecule has 1 heterocycles. The Kier molecular flexibility index (Phi) is 4.82. The molecule has 0 unspecified atom stereocenters. The largest absolute Gasteiger partial charge is 0.355 e. The van der Waals surface area contributed by atoms with Gasteiger partial charge in [0, 0.05) is 31.6 Å². The Balaban J connectivity index is 2.68. The maximum absolute atomic E-state index is 13.1. The number of hydrogen-bond donors (Lipinski definition) is 1. The van der Waals surface area contributed by atoms with Crippen molar-refractivity contribution >= 4 is 12.2 Å². The number of aromatic nitrogens is 1. The van der Waals surface area contributed by atoms with E-state index in [1.165, 1.54) is 19.2 Å². The van der Waals surface area contributed by atoms with Gasteiger partial charge in [0.15, 0.2) is 6.29 Å². The minimum atomic E-state index is -0.825. The van der Waals surface area contributed by atoms with E-state index in [1.54, 1.807) is 0 Å². The number of carbonyl (C=O) groups is 2. The number of carbonyl (C=O) groups excluding carboxylic acids is 2. The lowest BCUT2D eigenvalue weighted by Gasteiger charge is -1.97. The van der Waals surface area contributed by atoms with E-state index in [1.807, 2.05) is 0 Å². The van der Waals surface area contributed by atoms with Gasteiger partial charge in [-0.1, -0.05) is 11.8 Å². The Labute approximate surface area is 98.2 Å².